The molecule has 1 aliphatic heterocycles. The van der Waals surface area contributed by atoms with Gasteiger partial charge in [0.25, 0.3) is 5.91 Å². The largest absolute Gasteiger partial charge is 0.469 e. The average molecular weight is 444 g/mol. The molecule has 0 aliphatic carbocycles. The summed E-state index contributed by atoms with van der Waals surface area (Å²) in [5.74, 6) is -0.0538. The number of aryl methyl sites for hydroxylation is 1. The first-order valence-corrected chi connectivity index (χ1v) is 9.43. The fraction of sp³-hybridized carbons (Fsp3) is 0.556. The number of carbonyl (C=O) groups is 2. The lowest BCUT2D eigenvalue weighted by molar-refractivity contribution is -0.147. The lowest BCUT2D eigenvalue weighted by Gasteiger charge is -2.30. The summed E-state index contributed by atoms with van der Waals surface area (Å²) in [4.78, 5) is 26.0. The van der Waals surface area contributed by atoms with Gasteiger partial charge in [-0.25, -0.2) is 0 Å². The van der Waals surface area contributed by atoms with Crippen LogP contribution in [-0.4, -0.2) is 50.1 Å². The van der Waals surface area contributed by atoms with Crippen molar-refractivity contribution in [3.63, 3.8) is 0 Å². The third-order valence-electron chi connectivity index (χ3n) is 4.49. The van der Waals surface area contributed by atoms with Crippen LogP contribution in [0.15, 0.2) is 18.2 Å². The van der Waals surface area contributed by atoms with E-state index < -0.39 is 0 Å². The highest BCUT2D eigenvalue weighted by Crippen LogP contribution is 2.18. The second kappa shape index (κ2) is 9.36. The first-order chi connectivity index (χ1) is 11.5. The molecule has 0 unspecified atom stereocenters. The van der Waals surface area contributed by atoms with Crippen molar-refractivity contribution < 1.29 is 14.3 Å². The van der Waals surface area contributed by atoms with E-state index in [1.54, 1.807) is 0 Å². The SMILES string of the molecule is COC(=O)C1CCN(CCCNC(=O)c2ccc(C)c(I)c2)CC1. The molecule has 0 aromatic heterocycles. The Bertz CT molecular complexity index is 584. The predicted octanol–water partition coefficient (Wildman–Crippen LogP) is 2.60. The molecule has 1 aromatic rings. The molecule has 5 nitrogen and oxygen atoms in total. The maximum absolute atomic E-state index is 12.1. The summed E-state index contributed by atoms with van der Waals surface area (Å²) in [6, 6.07) is 5.76. The lowest BCUT2D eigenvalue weighted by atomic mass is 9.97. The summed E-state index contributed by atoms with van der Waals surface area (Å²) in [6.07, 6.45) is 2.64. The van der Waals surface area contributed by atoms with Crippen LogP contribution in [0.5, 0.6) is 0 Å². The number of likely N-dealkylation sites (tertiary alicyclic amines) is 1. The maximum Gasteiger partial charge on any atom is 0.308 e. The molecule has 0 saturated carbocycles. The van der Waals surface area contributed by atoms with Gasteiger partial charge in [0.1, 0.15) is 0 Å². The fourth-order valence-electron chi connectivity index (χ4n) is 2.90. The number of halogens is 1. The highest BCUT2D eigenvalue weighted by atomic mass is 127. The molecule has 24 heavy (non-hydrogen) atoms. The van der Waals surface area contributed by atoms with Gasteiger partial charge in [0.15, 0.2) is 0 Å². The number of nitrogens with zero attached hydrogens (tertiary/aromatic N) is 1. The zero-order valence-electron chi connectivity index (χ0n) is 14.3. The number of rotatable bonds is 6. The molecule has 1 saturated heterocycles. The predicted molar refractivity (Wildman–Crippen MR) is 102 cm³/mol. The van der Waals surface area contributed by atoms with Crippen molar-refractivity contribution in [3.05, 3.63) is 32.9 Å². The number of esters is 1. The molecule has 1 fully saturated rings. The number of hydrogen-bond acceptors (Lipinski definition) is 4. The minimum Gasteiger partial charge on any atom is -0.469 e. The molecule has 1 heterocycles. The molecular weight excluding hydrogens is 419 g/mol. The third-order valence-corrected chi connectivity index (χ3v) is 5.65. The van der Waals surface area contributed by atoms with Gasteiger partial charge in [-0.2, -0.15) is 0 Å². The van der Waals surface area contributed by atoms with E-state index in [2.05, 4.69) is 32.8 Å². The Kier molecular flexibility index (Phi) is 7.48. The van der Waals surface area contributed by atoms with E-state index in [-0.39, 0.29) is 17.8 Å². The van der Waals surface area contributed by atoms with Crippen molar-refractivity contribution in [1.29, 1.82) is 0 Å². The number of piperidine rings is 1. The van der Waals surface area contributed by atoms with Gasteiger partial charge in [-0.3, -0.25) is 9.59 Å². The van der Waals surface area contributed by atoms with Gasteiger partial charge in [-0.05, 0) is 86.1 Å². The highest BCUT2D eigenvalue weighted by Gasteiger charge is 2.25. The molecule has 1 aliphatic rings. The molecule has 0 bridgehead atoms. The molecule has 0 spiro atoms. The van der Waals surface area contributed by atoms with Crippen molar-refractivity contribution in [3.8, 4) is 0 Å². The summed E-state index contributed by atoms with van der Waals surface area (Å²) >= 11 is 2.25. The minimum absolute atomic E-state index is 0.0164. The van der Waals surface area contributed by atoms with E-state index in [1.807, 2.05) is 25.1 Å². The Morgan fingerprint density at radius 1 is 1.33 bits per heavy atom. The Morgan fingerprint density at radius 2 is 2.04 bits per heavy atom. The van der Waals surface area contributed by atoms with Crippen molar-refractivity contribution in [1.82, 2.24) is 10.2 Å². The standard InChI is InChI=1S/C18H25IN2O3/c1-13-4-5-15(12-16(13)19)17(22)20-8-3-9-21-10-6-14(7-11-21)18(23)24-2/h4-5,12,14H,3,6-11H2,1-2H3,(H,20,22). The molecule has 1 N–H and O–H groups in total. The van der Waals surface area contributed by atoms with Crippen molar-refractivity contribution >= 4 is 34.5 Å². The number of nitrogens with one attached hydrogen (secondary N) is 1. The van der Waals surface area contributed by atoms with Gasteiger partial charge in [-0.1, -0.05) is 6.07 Å². The summed E-state index contributed by atoms with van der Waals surface area (Å²) in [5, 5.41) is 2.98. The van der Waals surface area contributed by atoms with E-state index in [0.717, 1.165) is 42.5 Å². The van der Waals surface area contributed by atoms with Crippen LogP contribution in [0.1, 0.15) is 35.2 Å². The molecule has 0 atom stereocenters. The molecule has 6 heteroatoms. The lowest BCUT2D eigenvalue weighted by Crippen LogP contribution is -2.38. The van der Waals surface area contributed by atoms with E-state index in [9.17, 15) is 9.59 Å². The molecule has 1 amide bonds. The first kappa shape index (κ1) is 19.2. The zero-order valence-corrected chi connectivity index (χ0v) is 16.5. The number of hydrogen-bond donors (Lipinski definition) is 1. The van der Waals surface area contributed by atoms with Gasteiger partial charge in [-0.15, -0.1) is 0 Å². The normalized spacial score (nSPS) is 16.0. The molecule has 1 aromatic carbocycles. The maximum atomic E-state index is 12.1. The van der Waals surface area contributed by atoms with E-state index in [4.69, 9.17) is 4.74 Å². The summed E-state index contributed by atoms with van der Waals surface area (Å²) in [6.45, 7) is 5.49. The highest BCUT2D eigenvalue weighted by molar-refractivity contribution is 14.1. The average Bonchev–Trinajstić information content (AvgIpc) is 2.60. The Balaban J connectivity index is 1.65. The summed E-state index contributed by atoms with van der Waals surface area (Å²) in [5.41, 5.74) is 1.89. The van der Waals surface area contributed by atoms with Crippen molar-refractivity contribution in [2.75, 3.05) is 33.3 Å². The van der Waals surface area contributed by atoms with Crippen LogP contribution < -0.4 is 5.32 Å². The number of ether oxygens (including phenoxy) is 1. The zero-order chi connectivity index (χ0) is 17.5. The van der Waals surface area contributed by atoms with Crippen molar-refractivity contribution in [2.24, 2.45) is 5.92 Å². The minimum atomic E-state index is -0.0883. The van der Waals surface area contributed by atoms with Gasteiger partial charge in [0.2, 0.25) is 0 Å². The van der Waals surface area contributed by atoms with Crippen LogP contribution in [0.4, 0.5) is 0 Å². The van der Waals surface area contributed by atoms with Crippen LogP contribution in [0.3, 0.4) is 0 Å². The molecular formula is C18H25IN2O3. The molecule has 0 radical (unpaired) electrons. The van der Waals surface area contributed by atoms with Crippen LogP contribution in [0.2, 0.25) is 0 Å². The van der Waals surface area contributed by atoms with Crippen LogP contribution in [0, 0.1) is 16.4 Å². The smallest absolute Gasteiger partial charge is 0.308 e. The van der Waals surface area contributed by atoms with Gasteiger partial charge in [0.05, 0.1) is 13.0 Å². The van der Waals surface area contributed by atoms with Crippen LogP contribution in [-0.2, 0) is 9.53 Å². The first-order valence-electron chi connectivity index (χ1n) is 8.36. The Labute approximate surface area is 157 Å². The Hall–Kier alpha value is -1.15. The quantitative estimate of drug-likeness (QED) is 0.417. The van der Waals surface area contributed by atoms with Crippen LogP contribution in [0.25, 0.3) is 0 Å². The second-order valence-electron chi connectivity index (χ2n) is 6.21. The van der Waals surface area contributed by atoms with Gasteiger partial charge < -0.3 is 15.0 Å². The second-order valence-corrected chi connectivity index (χ2v) is 7.37. The molecule has 2 rings (SSSR count). The summed E-state index contributed by atoms with van der Waals surface area (Å²) < 4.78 is 5.91. The topological polar surface area (TPSA) is 58.6 Å². The van der Waals surface area contributed by atoms with E-state index in [1.165, 1.54) is 12.7 Å². The monoisotopic (exact) mass is 444 g/mol. The number of carbonyl (C=O) groups excluding carboxylic acids is 2. The number of benzene rings is 1. The number of methoxy groups -OCH3 is 1. The van der Waals surface area contributed by atoms with Crippen molar-refractivity contribution in [2.45, 2.75) is 26.2 Å². The Morgan fingerprint density at radius 3 is 2.67 bits per heavy atom. The third kappa shape index (κ3) is 5.44. The van der Waals surface area contributed by atoms with E-state index >= 15 is 0 Å². The fourth-order valence-corrected chi connectivity index (χ4v) is 3.41. The summed E-state index contributed by atoms with van der Waals surface area (Å²) in [7, 11) is 1.45. The van der Waals surface area contributed by atoms with E-state index in [0.29, 0.717) is 12.1 Å². The van der Waals surface area contributed by atoms with Gasteiger partial charge in [0, 0.05) is 15.7 Å². The van der Waals surface area contributed by atoms with Gasteiger partial charge >= 0.3 is 5.97 Å². The van der Waals surface area contributed by atoms with Crippen LogP contribution >= 0.6 is 22.6 Å². The number of amides is 1. The molecule has 132 valence electrons.